The van der Waals surface area contributed by atoms with Gasteiger partial charge < -0.3 is 9.64 Å². The largest absolute Gasteiger partial charge is 0.468 e. The molecule has 30 heavy (non-hydrogen) atoms. The molecule has 3 aromatic rings. The van der Waals surface area contributed by atoms with E-state index in [0.29, 0.717) is 36.8 Å². The van der Waals surface area contributed by atoms with E-state index in [-0.39, 0.29) is 11.9 Å². The van der Waals surface area contributed by atoms with Crippen molar-refractivity contribution >= 4 is 34.2 Å². The van der Waals surface area contributed by atoms with E-state index in [4.69, 9.17) is 16.3 Å². The molecule has 0 radical (unpaired) electrons. The molecule has 1 amide bonds. The van der Waals surface area contributed by atoms with E-state index in [1.54, 1.807) is 12.1 Å². The Morgan fingerprint density at radius 3 is 2.23 bits per heavy atom. The molecule has 1 unspecified atom stereocenters. The van der Waals surface area contributed by atoms with Gasteiger partial charge in [-0.3, -0.25) is 9.69 Å². The number of rotatable bonds is 4. The lowest BCUT2D eigenvalue weighted by Gasteiger charge is -2.38. The van der Waals surface area contributed by atoms with E-state index in [1.165, 1.54) is 7.11 Å². The van der Waals surface area contributed by atoms with Crippen LogP contribution >= 0.6 is 11.6 Å². The maximum atomic E-state index is 13.0. The summed E-state index contributed by atoms with van der Waals surface area (Å²) < 4.78 is 5.04. The zero-order valence-corrected chi connectivity index (χ0v) is 17.5. The number of methoxy groups -OCH3 is 1. The number of piperazine rings is 1. The Balaban J connectivity index is 1.47. The summed E-state index contributed by atoms with van der Waals surface area (Å²) in [6.07, 6.45) is 0. The first kappa shape index (κ1) is 20.4. The Bertz CT molecular complexity index is 1060. The van der Waals surface area contributed by atoms with Gasteiger partial charge in [-0.15, -0.1) is 0 Å². The molecule has 1 saturated heterocycles. The summed E-state index contributed by atoms with van der Waals surface area (Å²) in [5, 5.41) is 2.78. The summed E-state index contributed by atoms with van der Waals surface area (Å²) in [6, 6.07) is 20.5. The number of carbonyl (C=O) groups is 2. The molecule has 0 saturated carbocycles. The van der Waals surface area contributed by atoms with Crippen LogP contribution in [-0.2, 0) is 9.53 Å². The molecule has 0 spiro atoms. The molecule has 0 bridgehead atoms. The minimum absolute atomic E-state index is 0.0153. The van der Waals surface area contributed by atoms with Gasteiger partial charge in [-0.05, 0) is 40.6 Å². The highest BCUT2D eigenvalue weighted by atomic mass is 35.5. The van der Waals surface area contributed by atoms with Crippen LogP contribution in [-0.4, -0.2) is 55.0 Å². The number of benzene rings is 3. The van der Waals surface area contributed by atoms with E-state index < -0.39 is 6.04 Å². The Hall–Kier alpha value is -2.89. The first-order chi connectivity index (χ1) is 14.6. The normalized spacial score (nSPS) is 15.7. The van der Waals surface area contributed by atoms with Crippen molar-refractivity contribution in [1.29, 1.82) is 0 Å². The molecule has 1 aliphatic rings. The van der Waals surface area contributed by atoms with Crippen molar-refractivity contribution in [3.8, 4) is 0 Å². The lowest BCUT2D eigenvalue weighted by atomic mass is 10.0. The molecule has 1 aliphatic heterocycles. The van der Waals surface area contributed by atoms with E-state index in [9.17, 15) is 9.59 Å². The molecular weight excluding hydrogens is 400 g/mol. The molecule has 4 rings (SSSR count). The standard InChI is InChI=1S/C24H23ClN2O3/c1-30-24(29)22(18-8-10-21(25)11-9-18)26-12-14-27(15-13-26)23(28)20-7-6-17-4-2-3-5-19(17)16-20/h2-11,16,22H,12-15H2,1H3. The van der Waals surface area contributed by atoms with E-state index in [1.807, 2.05) is 59.5 Å². The number of amides is 1. The molecule has 0 N–H and O–H groups in total. The van der Waals surface area contributed by atoms with Gasteiger partial charge in [-0.2, -0.15) is 0 Å². The van der Waals surface area contributed by atoms with Gasteiger partial charge in [-0.1, -0.05) is 54.1 Å². The van der Waals surface area contributed by atoms with Crippen LogP contribution in [0, 0.1) is 0 Å². The van der Waals surface area contributed by atoms with Crippen LogP contribution in [0.15, 0.2) is 66.7 Å². The monoisotopic (exact) mass is 422 g/mol. The Kier molecular flexibility index (Phi) is 6.02. The lowest BCUT2D eigenvalue weighted by molar-refractivity contribution is -0.148. The highest BCUT2D eigenvalue weighted by molar-refractivity contribution is 6.30. The maximum Gasteiger partial charge on any atom is 0.327 e. The van der Waals surface area contributed by atoms with E-state index in [0.717, 1.165) is 16.3 Å². The van der Waals surface area contributed by atoms with Crippen molar-refractivity contribution in [1.82, 2.24) is 9.80 Å². The zero-order valence-electron chi connectivity index (χ0n) is 16.8. The quantitative estimate of drug-likeness (QED) is 0.592. The van der Waals surface area contributed by atoms with Crippen LogP contribution in [0.1, 0.15) is 22.0 Å². The molecular formula is C24H23ClN2O3. The third-order valence-electron chi connectivity index (χ3n) is 5.57. The van der Waals surface area contributed by atoms with Crippen LogP contribution < -0.4 is 0 Å². The van der Waals surface area contributed by atoms with Gasteiger partial charge in [0.15, 0.2) is 0 Å². The number of carbonyl (C=O) groups excluding carboxylic acids is 2. The summed E-state index contributed by atoms with van der Waals surface area (Å²) >= 11 is 5.99. The number of hydrogen-bond acceptors (Lipinski definition) is 4. The smallest absolute Gasteiger partial charge is 0.327 e. The van der Waals surface area contributed by atoms with Crippen molar-refractivity contribution in [2.24, 2.45) is 0 Å². The average Bonchev–Trinajstić information content (AvgIpc) is 2.80. The van der Waals surface area contributed by atoms with Crippen LogP contribution in [0.3, 0.4) is 0 Å². The number of fused-ring (bicyclic) bond motifs is 1. The summed E-state index contributed by atoms with van der Waals surface area (Å²) in [6.45, 7) is 2.27. The van der Waals surface area contributed by atoms with Gasteiger partial charge in [0.2, 0.25) is 0 Å². The minimum atomic E-state index is -0.509. The second kappa shape index (κ2) is 8.86. The van der Waals surface area contributed by atoms with Gasteiger partial charge in [0, 0.05) is 36.8 Å². The Morgan fingerprint density at radius 2 is 1.57 bits per heavy atom. The van der Waals surface area contributed by atoms with Crippen molar-refractivity contribution in [2.45, 2.75) is 6.04 Å². The molecule has 1 atom stereocenters. The highest BCUT2D eigenvalue weighted by Gasteiger charge is 2.32. The van der Waals surface area contributed by atoms with Crippen molar-refractivity contribution in [3.05, 3.63) is 82.9 Å². The Morgan fingerprint density at radius 1 is 0.900 bits per heavy atom. The zero-order chi connectivity index (χ0) is 21.1. The number of nitrogens with zero attached hydrogens (tertiary/aromatic N) is 2. The number of hydrogen-bond donors (Lipinski definition) is 0. The fourth-order valence-electron chi connectivity index (χ4n) is 3.94. The second-order valence-corrected chi connectivity index (χ2v) is 7.80. The predicted octanol–water partition coefficient (Wildman–Crippen LogP) is 4.17. The summed E-state index contributed by atoms with van der Waals surface area (Å²) in [5.41, 5.74) is 1.52. The number of ether oxygens (including phenoxy) is 1. The van der Waals surface area contributed by atoms with Crippen LogP contribution in [0.4, 0.5) is 0 Å². The van der Waals surface area contributed by atoms with Crippen LogP contribution in [0.2, 0.25) is 5.02 Å². The minimum Gasteiger partial charge on any atom is -0.468 e. The summed E-state index contributed by atoms with van der Waals surface area (Å²) in [4.78, 5) is 29.4. The predicted molar refractivity (Wildman–Crippen MR) is 118 cm³/mol. The fraction of sp³-hybridized carbons (Fsp3) is 0.250. The van der Waals surface area contributed by atoms with Crippen molar-refractivity contribution in [2.75, 3.05) is 33.3 Å². The first-order valence-corrected chi connectivity index (χ1v) is 10.3. The Labute approximate surface area is 180 Å². The van der Waals surface area contributed by atoms with Crippen molar-refractivity contribution in [3.63, 3.8) is 0 Å². The molecule has 3 aromatic carbocycles. The van der Waals surface area contributed by atoms with Gasteiger partial charge in [0.1, 0.15) is 6.04 Å². The van der Waals surface area contributed by atoms with Crippen molar-refractivity contribution < 1.29 is 14.3 Å². The SMILES string of the molecule is COC(=O)C(c1ccc(Cl)cc1)N1CCN(C(=O)c2ccc3ccccc3c2)CC1. The van der Waals surface area contributed by atoms with E-state index in [2.05, 4.69) is 4.90 Å². The molecule has 0 aliphatic carbocycles. The maximum absolute atomic E-state index is 13.0. The third-order valence-corrected chi connectivity index (χ3v) is 5.83. The molecule has 6 heteroatoms. The first-order valence-electron chi connectivity index (χ1n) is 9.92. The highest BCUT2D eigenvalue weighted by Crippen LogP contribution is 2.26. The second-order valence-electron chi connectivity index (χ2n) is 7.37. The molecule has 0 aromatic heterocycles. The lowest BCUT2D eigenvalue weighted by Crippen LogP contribution is -2.51. The fourth-order valence-corrected chi connectivity index (χ4v) is 4.07. The summed E-state index contributed by atoms with van der Waals surface area (Å²) in [7, 11) is 1.39. The molecule has 1 fully saturated rings. The van der Waals surface area contributed by atoms with E-state index >= 15 is 0 Å². The molecule has 1 heterocycles. The van der Waals surface area contributed by atoms with Gasteiger partial charge in [0.05, 0.1) is 7.11 Å². The molecule has 5 nitrogen and oxygen atoms in total. The third kappa shape index (κ3) is 4.18. The van der Waals surface area contributed by atoms with Gasteiger partial charge in [-0.25, -0.2) is 4.79 Å². The topological polar surface area (TPSA) is 49.9 Å². The number of halogens is 1. The number of esters is 1. The van der Waals surface area contributed by atoms with Crippen LogP contribution in [0.5, 0.6) is 0 Å². The van der Waals surface area contributed by atoms with Gasteiger partial charge >= 0.3 is 5.97 Å². The average molecular weight is 423 g/mol. The van der Waals surface area contributed by atoms with Gasteiger partial charge in [0.25, 0.3) is 5.91 Å². The molecule has 154 valence electrons. The summed E-state index contributed by atoms with van der Waals surface area (Å²) in [5.74, 6) is -0.298. The van der Waals surface area contributed by atoms with Crippen LogP contribution in [0.25, 0.3) is 10.8 Å².